The Hall–Kier alpha value is -1.97. The van der Waals surface area contributed by atoms with Gasteiger partial charge in [-0.05, 0) is 38.5 Å². The fourth-order valence-corrected chi connectivity index (χ4v) is 2.58. The molecule has 4 heteroatoms. The van der Waals surface area contributed by atoms with Gasteiger partial charge in [-0.2, -0.15) is 0 Å². The number of hydrogen-bond donors (Lipinski definition) is 1. The molecule has 22 heavy (non-hydrogen) atoms. The average Bonchev–Trinajstić information content (AvgIpc) is 2.45. The van der Waals surface area contributed by atoms with Crippen molar-refractivity contribution in [3.8, 4) is 5.75 Å². The third-order valence-corrected chi connectivity index (χ3v) is 3.74. The summed E-state index contributed by atoms with van der Waals surface area (Å²) in [6.07, 6.45) is 1.82. The predicted molar refractivity (Wildman–Crippen MR) is 87.2 cm³/mol. The summed E-state index contributed by atoms with van der Waals surface area (Å²) < 4.78 is 11.0. The molecular formula is C18H25NO3. The molecule has 120 valence electrons. The Bertz CT molecular complexity index is 530. The van der Waals surface area contributed by atoms with Gasteiger partial charge in [0.15, 0.2) is 0 Å². The molecule has 1 N–H and O–H groups in total. The maximum absolute atomic E-state index is 11.6. The lowest BCUT2D eigenvalue weighted by Gasteiger charge is -2.32. The number of benzene rings is 1. The third-order valence-electron chi connectivity index (χ3n) is 3.74. The molecule has 1 unspecified atom stereocenters. The molecule has 1 heterocycles. The van der Waals surface area contributed by atoms with Crippen molar-refractivity contribution in [2.75, 3.05) is 0 Å². The SMILES string of the molecule is C=C[C@H]1C[C@H](C(C)c2ccc(OC(C)(C)C)cc2)NC(=O)O1. The van der Waals surface area contributed by atoms with Crippen LogP contribution in [0.5, 0.6) is 5.75 Å². The van der Waals surface area contributed by atoms with E-state index in [0.717, 1.165) is 17.7 Å². The second-order valence-electron chi connectivity index (χ2n) is 6.74. The summed E-state index contributed by atoms with van der Waals surface area (Å²) in [6, 6.07) is 8.09. The number of ether oxygens (including phenoxy) is 2. The zero-order valence-corrected chi connectivity index (χ0v) is 13.8. The molecule has 3 atom stereocenters. The lowest BCUT2D eigenvalue weighted by atomic mass is 9.89. The van der Waals surface area contributed by atoms with E-state index in [1.54, 1.807) is 6.08 Å². The van der Waals surface area contributed by atoms with Crippen molar-refractivity contribution in [2.45, 2.75) is 57.8 Å². The molecule has 4 nitrogen and oxygen atoms in total. The largest absolute Gasteiger partial charge is 0.488 e. The molecule has 2 rings (SSSR count). The first kappa shape index (κ1) is 16.4. The zero-order chi connectivity index (χ0) is 16.3. The first-order chi connectivity index (χ1) is 10.3. The molecule has 1 aliphatic rings. The summed E-state index contributed by atoms with van der Waals surface area (Å²) in [5, 5.41) is 2.89. The van der Waals surface area contributed by atoms with E-state index in [0.29, 0.717) is 0 Å². The summed E-state index contributed by atoms with van der Waals surface area (Å²) in [4.78, 5) is 11.6. The number of rotatable bonds is 4. The summed E-state index contributed by atoms with van der Waals surface area (Å²) >= 11 is 0. The molecule has 1 saturated heterocycles. The van der Waals surface area contributed by atoms with Crippen LogP contribution in [0.4, 0.5) is 4.79 Å². The zero-order valence-electron chi connectivity index (χ0n) is 13.8. The van der Waals surface area contributed by atoms with E-state index in [4.69, 9.17) is 9.47 Å². The predicted octanol–water partition coefficient (Wildman–Crippen LogP) is 4.02. The second-order valence-corrected chi connectivity index (χ2v) is 6.74. The minimum absolute atomic E-state index is 0.0404. The molecule has 0 radical (unpaired) electrons. The van der Waals surface area contributed by atoms with Gasteiger partial charge in [0.2, 0.25) is 0 Å². The van der Waals surface area contributed by atoms with Crippen LogP contribution in [-0.4, -0.2) is 23.8 Å². The molecule has 1 amide bonds. The molecule has 1 fully saturated rings. The van der Waals surface area contributed by atoms with E-state index >= 15 is 0 Å². The Labute approximate surface area is 132 Å². The van der Waals surface area contributed by atoms with Crippen LogP contribution in [0.3, 0.4) is 0 Å². The van der Waals surface area contributed by atoms with Gasteiger partial charge in [0, 0.05) is 18.4 Å². The number of amides is 1. The van der Waals surface area contributed by atoms with Crippen molar-refractivity contribution in [1.29, 1.82) is 0 Å². The van der Waals surface area contributed by atoms with Gasteiger partial charge in [-0.25, -0.2) is 4.79 Å². The van der Waals surface area contributed by atoms with Crippen molar-refractivity contribution in [1.82, 2.24) is 5.32 Å². The van der Waals surface area contributed by atoms with Crippen LogP contribution in [0.25, 0.3) is 0 Å². The Balaban J connectivity index is 2.07. The number of hydrogen-bond acceptors (Lipinski definition) is 3. The molecule has 1 aliphatic heterocycles. The van der Waals surface area contributed by atoms with Crippen LogP contribution in [0.1, 0.15) is 45.6 Å². The van der Waals surface area contributed by atoms with E-state index in [2.05, 4.69) is 31.0 Å². The minimum Gasteiger partial charge on any atom is -0.488 e. The minimum atomic E-state index is -0.374. The van der Waals surface area contributed by atoms with Gasteiger partial charge in [0.05, 0.1) is 0 Å². The summed E-state index contributed by atoms with van der Waals surface area (Å²) in [5.41, 5.74) is 0.954. The van der Waals surface area contributed by atoms with Crippen LogP contribution in [-0.2, 0) is 4.74 Å². The number of nitrogens with one attached hydrogen (secondary N) is 1. The molecule has 1 aromatic carbocycles. The van der Waals surface area contributed by atoms with Gasteiger partial charge in [0.1, 0.15) is 17.5 Å². The smallest absolute Gasteiger partial charge is 0.407 e. The normalized spacial score (nSPS) is 23.2. The lowest BCUT2D eigenvalue weighted by molar-refractivity contribution is 0.0786. The summed E-state index contributed by atoms with van der Waals surface area (Å²) in [5.74, 6) is 1.04. The number of carbonyl (C=O) groups is 1. The third kappa shape index (κ3) is 4.26. The summed E-state index contributed by atoms with van der Waals surface area (Å²) in [7, 11) is 0. The highest BCUT2D eigenvalue weighted by atomic mass is 16.6. The topological polar surface area (TPSA) is 47.6 Å². The van der Waals surface area contributed by atoms with Crippen LogP contribution in [0.2, 0.25) is 0 Å². The molecule has 1 aromatic rings. The van der Waals surface area contributed by atoms with Crippen molar-refractivity contribution >= 4 is 6.09 Å². The fourth-order valence-electron chi connectivity index (χ4n) is 2.58. The van der Waals surface area contributed by atoms with Crippen molar-refractivity contribution in [2.24, 2.45) is 0 Å². The van der Waals surface area contributed by atoms with Gasteiger partial charge < -0.3 is 14.8 Å². The highest BCUT2D eigenvalue weighted by Crippen LogP contribution is 2.28. The Morgan fingerprint density at radius 2 is 2.00 bits per heavy atom. The first-order valence-electron chi connectivity index (χ1n) is 7.67. The molecule has 0 aliphatic carbocycles. The van der Waals surface area contributed by atoms with Crippen LogP contribution in [0.15, 0.2) is 36.9 Å². The molecular weight excluding hydrogens is 278 g/mol. The number of alkyl carbamates (subject to hydrolysis) is 1. The van der Waals surface area contributed by atoms with E-state index in [1.807, 2.05) is 32.9 Å². The van der Waals surface area contributed by atoms with Gasteiger partial charge >= 0.3 is 6.09 Å². The number of carbonyl (C=O) groups excluding carboxylic acids is 1. The van der Waals surface area contributed by atoms with Crippen molar-refractivity contribution in [3.63, 3.8) is 0 Å². The van der Waals surface area contributed by atoms with E-state index in [1.165, 1.54) is 0 Å². The molecule has 0 aromatic heterocycles. The van der Waals surface area contributed by atoms with Crippen molar-refractivity contribution in [3.05, 3.63) is 42.5 Å². The van der Waals surface area contributed by atoms with E-state index in [9.17, 15) is 4.79 Å². The van der Waals surface area contributed by atoms with E-state index in [-0.39, 0.29) is 29.8 Å². The van der Waals surface area contributed by atoms with Crippen molar-refractivity contribution < 1.29 is 14.3 Å². The van der Waals surface area contributed by atoms with Crippen LogP contribution in [0, 0.1) is 0 Å². The Morgan fingerprint density at radius 1 is 1.36 bits per heavy atom. The Kier molecular flexibility index (Phi) is 4.79. The monoisotopic (exact) mass is 303 g/mol. The van der Waals surface area contributed by atoms with Crippen LogP contribution < -0.4 is 10.1 Å². The van der Waals surface area contributed by atoms with Gasteiger partial charge in [-0.15, -0.1) is 0 Å². The summed E-state index contributed by atoms with van der Waals surface area (Å²) in [6.45, 7) is 11.9. The first-order valence-corrected chi connectivity index (χ1v) is 7.67. The number of cyclic esters (lactones) is 1. The van der Waals surface area contributed by atoms with Gasteiger partial charge in [-0.3, -0.25) is 0 Å². The Morgan fingerprint density at radius 3 is 2.55 bits per heavy atom. The van der Waals surface area contributed by atoms with Crippen LogP contribution >= 0.6 is 0 Å². The van der Waals surface area contributed by atoms with E-state index < -0.39 is 0 Å². The maximum Gasteiger partial charge on any atom is 0.407 e. The molecule has 0 spiro atoms. The van der Waals surface area contributed by atoms with Gasteiger partial charge in [-0.1, -0.05) is 31.7 Å². The highest BCUT2D eigenvalue weighted by Gasteiger charge is 2.30. The fraction of sp³-hybridized carbons (Fsp3) is 0.500. The lowest BCUT2D eigenvalue weighted by Crippen LogP contribution is -2.47. The average molecular weight is 303 g/mol. The maximum atomic E-state index is 11.6. The molecule has 0 saturated carbocycles. The quantitative estimate of drug-likeness (QED) is 0.855. The van der Waals surface area contributed by atoms with Gasteiger partial charge in [0.25, 0.3) is 0 Å². The highest BCUT2D eigenvalue weighted by molar-refractivity contribution is 5.69. The molecule has 0 bridgehead atoms. The second kappa shape index (κ2) is 6.42. The standard InChI is InChI=1S/C18H25NO3/c1-6-14-11-16(19-17(20)21-14)12(2)13-7-9-15(10-8-13)22-18(3,4)5/h6-10,12,14,16H,1,11H2,2-5H3,(H,19,20)/t12?,14-,16+/m0/s1.